The Morgan fingerprint density at radius 1 is 1.32 bits per heavy atom. The lowest BCUT2D eigenvalue weighted by atomic mass is 10.1. The third-order valence-electron chi connectivity index (χ3n) is 2.72. The summed E-state index contributed by atoms with van der Waals surface area (Å²) in [6.45, 7) is 2.63. The van der Waals surface area contributed by atoms with Gasteiger partial charge in [0.15, 0.2) is 0 Å². The topological polar surface area (TPSA) is 54.9 Å². The molecule has 19 heavy (non-hydrogen) atoms. The molecule has 0 fully saturated rings. The molecule has 2 aromatic rings. The van der Waals surface area contributed by atoms with Gasteiger partial charge in [-0.05, 0) is 31.0 Å². The molecule has 2 heterocycles. The number of aromatic nitrogens is 2. The zero-order chi connectivity index (χ0) is 13.5. The van der Waals surface area contributed by atoms with Crippen LogP contribution < -0.4 is 5.32 Å². The molecule has 1 amide bonds. The lowest BCUT2D eigenvalue weighted by molar-refractivity contribution is -0.121. The molecule has 1 N–H and O–H groups in total. The Balaban J connectivity index is 1.65. The van der Waals surface area contributed by atoms with Crippen LogP contribution in [0.2, 0.25) is 0 Å². The molecular weight excluding hydrogens is 258 g/mol. The van der Waals surface area contributed by atoms with Crippen LogP contribution in [-0.2, 0) is 17.6 Å². The average Bonchev–Trinajstić information content (AvgIpc) is 2.83. The van der Waals surface area contributed by atoms with Gasteiger partial charge in [-0.2, -0.15) is 0 Å². The normalized spacial score (nSPS) is 10.4. The van der Waals surface area contributed by atoms with E-state index in [-0.39, 0.29) is 5.91 Å². The van der Waals surface area contributed by atoms with Crippen molar-refractivity contribution in [1.82, 2.24) is 15.3 Å². The maximum atomic E-state index is 11.7. The number of nitrogens with one attached hydrogen (secondary N) is 1. The van der Waals surface area contributed by atoms with Crippen LogP contribution in [0.3, 0.4) is 0 Å². The SMILES string of the molecule is Cc1csc(CCNC(=O)CCc2ccncc2)n1. The average molecular weight is 275 g/mol. The Hall–Kier alpha value is -1.75. The summed E-state index contributed by atoms with van der Waals surface area (Å²) in [4.78, 5) is 20.0. The van der Waals surface area contributed by atoms with Crippen molar-refractivity contribution >= 4 is 17.2 Å². The molecule has 0 aromatic carbocycles. The Morgan fingerprint density at radius 2 is 2.11 bits per heavy atom. The van der Waals surface area contributed by atoms with Gasteiger partial charge in [-0.1, -0.05) is 0 Å². The number of hydrogen-bond donors (Lipinski definition) is 1. The molecule has 0 aliphatic heterocycles. The molecule has 0 unspecified atom stereocenters. The number of nitrogens with zero attached hydrogens (tertiary/aromatic N) is 2. The van der Waals surface area contributed by atoms with E-state index in [1.54, 1.807) is 23.7 Å². The molecule has 0 radical (unpaired) electrons. The molecule has 0 saturated carbocycles. The first-order valence-electron chi connectivity index (χ1n) is 6.30. The van der Waals surface area contributed by atoms with Gasteiger partial charge in [-0.15, -0.1) is 11.3 Å². The summed E-state index contributed by atoms with van der Waals surface area (Å²) in [5.41, 5.74) is 2.18. The Bertz CT molecular complexity index is 524. The van der Waals surface area contributed by atoms with E-state index in [1.165, 1.54) is 0 Å². The van der Waals surface area contributed by atoms with E-state index in [0.29, 0.717) is 13.0 Å². The smallest absolute Gasteiger partial charge is 0.220 e. The minimum absolute atomic E-state index is 0.0880. The fraction of sp³-hybridized carbons (Fsp3) is 0.357. The van der Waals surface area contributed by atoms with Crippen molar-refractivity contribution in [1.29, 1.82) is 0 Å². The largest absolute Gasteiger partial charge is 0.356 e. The highest BCUT2D eigenvalue weighted by atomic mass is 32.1. The van der Waals surface area contributed by atoms with Gasteiger partial charge in [0.2, 0.25) is 5.91 Å². The third-order valence-corrected chi connectivity index (χ3v) is 3.74. The first-order valence-corrected chi connectivity index (χ1v) is 7.18. The second kappa shape index (κ2) is 6.99. The number of carbonyl (C=O) groups excluding carboxylic acids is 1. The number of thiazole rings is 1. The molecule has 0 saturated heterocycles. The molecule has 0 spiro atoms. The minimum atomic E-state index is 0.0880. The van der Waals surface area contributed by atoms with E-state index >= 15 is 0 Å². The van der Waals surface area contributed by atoms with Gasteiger partial charge in [0.05, 0.1) is 5.01 Å². The molecule has 0 bridgehead atoms. The van der Waals surface area contributed by atoms with Crippen LogP contribution >= 0.6 is 11.3 Å². The number of pyridine rings is 1. The summed E-state index contributed by atoms with van der Waals surface area (Å²) in [6, 6.07) is 3.87. The maximum Gasteiger partial charge on any atom is 0.220 e. The van der Waals surface area contributed by atoms with Crippen LogP contribution in [0.15, 0.2) is 29.9 Å². The number of rotatable bonds is 6. The molecule has 5 heteroatoms. The standard InChI is InChI=1S/C14H17N3OS/c1-11-10-19-14(17-11)6-9-16-13(18)3-2-12-4-7-15-8-5-12/h4-5,7-8,10H,2-3,6,9H2,1H3,(H,16,18). The van der Waals surface area contributed by atoms with Crippen molar-refractivity contribution in [2.24, 2.45) is 0 Å². The van der Waals surface area contributed by atoms with Crippen LogP contribution in [0, 0.1) is 6.92 Å². The van der Waals surface area contributed by atoms with Gasteiger partial charge in [-0.25, -0.2) is 4.98 Å². The summed E-state index contributed by atoms with van der Waals surface area (Å²) in [5.74, 6) is 0.0880. The van der Waals surface area contributed by atoms with E-state index in [0.717, 1.165) is 29.1 Å². The fourth-order valence-corrected chi connectivity index (χ4v) is 2.50. The lowest BCUT2D eigenvalue weighted by Crippen LogP contribution is -2.25. The number of hydrogen-bond acceptors (Lipinski definition) is 4. The van der Waals surface area contributed by atoms with Crippen LogP contribution in [-0.4, -0.2) is 22.4 Å². The summed E-state index contributed by atoms with van der Waals surface area (Å²) < 4.78 is 0. The van der Waals surface area contributed by atoms with Gasteiger partial charge in [0, 0.05) is 42.9 Å². The second-order valence-corrected chi connectivity index (χ2v) is 5.28. The van der Waals surface area contributed by atoms with Crippen molar-refractivity contribution in [3.63, 3.8) is 0 Å². The predicted octanol–water partition coefficient (Wildman–Crippen LogP) is 2.14. The van der Waals surface area contributed by atoms with Crippen molar-refractivity contribution in [3.05, 3.63) is 46.2 Å². The van der Waals surface area contributed by atoms with Crippen molar-refractivity contribution in [3.8, 4) is 0 Å². The van der Waals surface area contributed by atoms with E-state index in [9.17, 15) is 4.79 Å². The zero-order valence-electron chi connectivity index (χ0n) is 10.9. The molecule has 4 nitrogen and oxygen atoms in total. The predicted molar refractivity (Wildman–Crippen MR) is 76.1 cm³/mol. The van der Waals surface area contributed by atoms with Crippen LogP contribution in [0.4, 0.5) is 0 Å². The molecular formula is C14H17N3OS. The summed E-state index contributed by atoms with van der Waals surface area (Å²) in [7, 11) is 0. The molecule has 2 rings (SSSR count). The number of amides is 1. The van der Waals surface area contributed by atoms with E-state index in [4.69, 9.17) is 0 Å². The zero-order valence-corrected chi connectivity index (χ0v) is 11.7. The van der Waals surface area contributed by atoms with Gasteiger partial charge in [0.25, 0.3) is 0 Å². The first kappa shape index (κ1) is 13.7. The van der Waals surface area contributed by atoms with Crippen molar-refractivity contribution in [2.45, 2.75) is 26.2 Å². The molecule has 0 atom stereocenters. The highest BCUT2D eigenvalue weighted by molar-refractivity contribution is 7.09. The maximum absolute atomic E-state index is 11.7. The van der Waals surface area contributed by atoms with Crippen molar-refractivity contribution < 1.29 is 4.79 Å². The molecule has 0 aliphatic rings. The van der Waals surface area contributed by atoms with Gasteiger partial charge < -0.3 is 5.32 Å². The summed E-state index contributed by atoms with van der Waals surface area (Å²) in [5, 5.41) is 6.03. The third kappa shape index (κ3) is 4.79. The van der Waals surface area contributed by atoms with Crippen LogP contribution in [0.25, 0.3) is 0 Å². The van der Waals surface area contributed by atoms with Crippen LogP contribution in [0.5, 0.6) is 0 Å². The number of aryl methyl sites for hydroxylation is 2. The van der Waals surface area contributed by atoms with Crippen molar-refractivity contribution in [2.75, 3.05) is 6.54 Å². The highest BCUT2D eigenvalue weighted by Crippen LogP contribution is 2.08. The summed E-state index contributed by atoms with van der Waals surface area (Å²) >= 11 is 1.64. The highest BCUT2D eigenvalue weighted by Gasteiger charge is 2.03. The van der Waals surface area contributed by atoms with Crippen LogP contribution in [0.1, 0.15) is 22.7 Å². The van der Waals surface area contributed by atoms with E-state index in [2.05, 4.69) is 15.3 Å². The monoisotopic (exact) mass is 275 g/mol. The Labute approximate surface area is 116 Å². The quantitative estimate of drug-likeness (QED) is 0.878. The van der Waals surface area contributed by atoms with E-state index < -0.39 is 0 Å². The van der Waals surface area contributed by atoms with Gasteiger partial charge >= 0.3 is 0 Å². The lowest BCUT2D eigenvalue weighted by Gasteiger charge is -2.04. The number of carbonyl (C=O) groups is 1. The minimum Gasteiger partial charge on any atom is -0.356 e. The Kier molecular flexibility index (Phi) is 5.03. The van der Waals surface area contributed by atoms with Gasteiger partial charge in [0.1, 0.15) is 0 Å². The molecule has 2 aromatic heterocycles. The van der Waals surface area contributed by atoms with Gasteiger partial charge in [-0.3, -0.25) is 9.78 Å². The fourth-order valence-electron chi connectivity index (χ4n) is 1.72. The van der Waals surface area contributed by atoms with E-state index in [1.807, 2.05) is 24.4 Å². The molecule has 100 valence electrons. The second-order valence-electron chi connectivity index (χ2n) is 4.34. The first-order chi connectivity index (χ1) is 9.24. The molecule has 0 aliphatic carbocycles. The Morgan fingerprint density at radius 3 is 2.79 bits per heavy atom. The summed E-state index contributed by atoms with van der Waals surface area (Å²) in [6.07, 6.45) is 5.57.